The van der Waals surface area contributed by atoms with Gasteiger partial charge in [0.25, 0.3) is 5.56 Å². The van der Waals surface area contributed by atoms with E-state index in [0.29, 0.717) is 62.4 Å². The first kappa shape index (κ1) is 24.3. The molecule has 0 radical (unpaired) electrons. The molecule has 0 spiro atoms. The monoisotopic (exact) mass is 485 g/mol. The van der Waals surface area contributed by atoms with Gasteiger partial charge in [-0.1, -0.05) is 0 Å². The van der Waals surface area contributed by atoms with Crippen LogP contribution >= 0.6 is 0 Å². The quantitative estimate of drug-likeness (QED) is 0.509. The minimum Gasteiger partial charge on any atom is -0.340 e. The Hall–Kier alpha value is -3.80. The van der Waals surface area contributed by atoms with E-state index in [2.05, 4.69) is 10.3 Å². The standard InChI is InChI=1S/C23H28FN7O4/c1-27-21-20(22(34)28(2)23(27)35)31(15-25-21)9-3-4-19(33)30-12-10-29(11-13-30)14-18(32)26-17-7-5-16(24)6-8-17/h5-8,15H,3-4,9-14H2,1-2H3,(H,26,32). The van der Waals surface area contributed by atoms with E-state index in [1.54, 1.807) is 16.5 Å². The molecule has 0 unspecified atom stereocenters. The Morgan fingerprint density at radius 1 is 1.03 bits per heavy atom. The molecule has 3 heterocycles. The smallest absolute Gasteiger partial charge is 0.332 e. The Balaban J connectivity index is 1.24. The second-order valence-electron chi connectivity index (χ2n) is 8.63. The molecule has 0 saturated carbocycles. The molecule has 11 nitrogen and oxygen atoms in total. The van der Waals surface area contributed by atoms with Crippen molar-refractivity contribution < 1.29 is 14.0 Å². The number of nitrogens with zero attached hydrogens (tertiary/aromatic N) is 6. The lowest BCUT2D eigenvalue weighted by Gasteiger charge is -2.34. The number of nitrogens with one attached hydrogen (secondary N) is 1. The topological polar surface area (TPSA) is 114 Å². The lowest BCUT2D eigenvalue weighted by atomic mass is 10.2. The molecule has 0 aliphatic carbocycles. The van der Waals surface area contributed by atoms with Gasteiger partial charge in [0, 0.05) is 58.9 Å². The zero-order valence-corrected chi connectivity index (χ0v) is 19.7. The third kappa shape index (κ3) is 5.32. The van der Waals surface area contributed by atoms with Crippen molar-refractivity contribution in [3.05, 3.63) is 57.2 Å². The van der Waals surface area contributed by atoms with Crippen LogP contribution in [0, 0.1) is 5.82 Å². The van der Waals surface area contributed by atoms with Crippen molar-refractivity contribution in [2.24, 2.45) is 14.1 Å². The fraction of sp³-hybridized carbons (Fsp3) is 0.435. The molecule has 1 saturated heterocycles. The number of carbonyl (C=O) groups excluding carboxylic acids is 2. The molecule has 186 valence electrons. The van der Waals surface area contributed by atoms with Crippen molar-refractivity contribution in [3.8, 4) is 0 Å². The van der Waals surface area contributed by atoms with Crippen molar-refractivity contribution >= 4 is 28.7 Å². The number of aromatic nitrogens is 4. The highest BCUT2D eigenvalue weighted by molar-refractivity contribution is 5.92. The summed E-state index contributed by atoms with van der Waals surface area (Å²) in [5.41, 5.74) is 0.357. The van der Waals surface area contributed by atoms with Gasteiger partial charge in [-0.25, -0.2) is 14.2 Å². The average Bonchev–Trinajstić information content (AvgIpc) is 3.27. The molecule has 12 heteroatoms. The van der Waals surface area contributed by atoms with E-state index in [0.717, 1.165) is 4.57 Å². The lowest BCUT2D eigenvalue weighted by Crippen LogP contribution is -2.50. The highest BCUT2D eigenvalue weighted by atomic mass is 19.1. The van der Waals surface area contributed by atoms with Crippen molar-refractivity contribution in [2.45, 2.75) is 19.4 Å². The van der Waals surface area contributed by atoms with Crippen molar-refractivity contribution in [1.82, 2.24) is 28.5 Å². The maximum absolute atomic E-state index is 13.0. The first-order chi connectivity index (χ1) is 16.7. The zero-order valence-electron chi connectivity index (χ0n) is 19.7. The maximum atomic E-state index is 13.0. The fourth-order valence-electron chi connectivity index (χ4n) is 4.22. The van der Waals surface area contributed by atoms with Crippen LogP contribution in [-0.4, -0.2) is 73.0 Å². The summed E-state index contributed by atoms with van der Waals surface area (Å²) < 4.78 is 17.0. The summed E-state index contributed by atoms with van der Waals surface area (Å²) in [6.45, 7) is 2.85. The van der Waals surface area contributed by atoms with E-state index in [1.165, 1.54) is 42.2 Å². The van der Waals surface area contributed by atoms with Gasteiger partial charge in [-0.3, -0.25) is 28.4 Å². The zero-order chi connectivity index (χ0) is 25.1. The van der Waals surface area contributed by atoms with E-state index < -0.39 is 11.2 Å². The minimum atomic E-state index is -0.435. The van der Waals surface area contributed by atoms with E-state index >= 15 is 0 Å². The maximum Gasteiger partial charge on any atom is 0.332 e. The molecule has 2 amide bonds. The molecule has 1 aliphatic heterocycles. The number of piperazine rings is 1. The number of imidazole rings is 1. The van der Waals surface area contributed by atoms with Crippen LogP contribution in [0.4, 0.5) is 10.1 Å². The summed E-state index contributed by atoms with van der Waals surface area (Å²) >= 11 is 0. The first-order valence-corrected chi connectivity index (χ1v) is 11.4. The number of benzene rings is 1. The number of hydrogen-bond acceptors (Lipinski definition) is 6. The second kappa shape index (κ2) is 10.2. The van der Waals surface area contributed by atoms with Gasteiger partial charge in [-0.15, -0.1) is 0 Å². The van der Waals surface area contributed by atoms with Crippen LogP contribution in [0.25, 0.3) is 11.2 Å². The molecule has 1 N–H and O–H groups in total. The third-order valence-electron chi connectivity index (χ3n) is 6.23. The van der Waals surface area contributed by atoms with Gasteiger partial charge >= 0.3 is 5.69 Å². The molecule has 2 aromatic heterocycles. The Bertz CT molecular complexity index is 1350. The number of rotatable bonds is 7. The summed E-state index contributed by atoms with van der Waals surface area (Å²) in [5.74, 6) is -0.531. The van der Waals surface area contributed by atoms with Gasteiger partial charge < -0.3 is 14.8 Å². The number of aryl methyl sites for hydroxylation is 2. The van der Waals surface area contributed by atoms with E-state index in [4.69, 9.17) is 0 Å². The van der Waals surface area contributed by atoms with Gasteiger partial charge in [0.1, 0.15) is 5.82 Å². The van der Waals surface area contributed by atoms with Crippen molar-refractivity contribution in [3.63, 3.8) is 0 Å². The molecular weight excluding hydrogens is 457 g/mol. The molecule has 3 aromatic rings. The normalized spacial score (nSPS) is 14.4. The van der Waals surface area contributed by atoms with Crippen LogP contribution in [0.1, 0.15) is 12.8 Å². The molecule has 0 atom stereocenters. The summed E-state index contributed by atoms with van der Waals surface area (Å²) in [5, 5.41) is 2.74. The highest BCUT2D eigenvalue weighted by Gasteiger charge is 2.22. The van der Waals surface area contributed by atoms with Gasteiger partial charge in [0.15, 0.2) is 11.2 Å². The molecule has 1 aromatic carbocycles. The lowest BCUT2D eigenvalue weighted by molar-refractivity contribution is -0.133. The predicted molar refractivity (Wildman–Crippen MR) is 127 cm³/mol. The Kier molecular flexibility index (Phi) is 7.10. The Labute approximate surface area is 200 Å². The van der Waals surface area contributed by atoms with Crippen LogP contribution in [0.15, 0.2) is 40.2 Å². The number of amides is 2. The molecule has 35 heavy (non-hydrogen) atoms. The number of carbonyl (C=O) groups is 2. The number of hydrogen-bond donors (Lipinski definition) is 1. The highest BCUT2D eigenvalue weighted by Crippen LogP contribution is 2.11. The van der Waals surface area contributed by atoms with E-state index in [-0.39, 0.29) is 24.2 Å². The SMILES string of the molecule is Cn1c(=O)c2c(ncn2CCCC(=O)N2CCN(CC(=O)Nc3ccc(F)cc3)CC2)n(C)c1=O. The van der Waals surface area contributed by atoms with Crippen LogP contribution < -0.4 is 16.6 Å². The van der Waals surface area contributed by atoms with Crippen LogP contribution in [0.2, 0.25) is 0 Å². The average molecular weight is 486 g/mol. The van der Waals surface area contributed by atoms with Crippen LogP contribution in [0.3, 0.4) is 0 Å². The van der Waals surface area contributed by atoms with Crippen LogP contribution in [-0.2, 0) is 30.2 Å². The third-order valence-corrected chi connectivity index (χ3v) is 6.23. The molecule has 1 fully saturated rings. The molecule has 4 rings (SSSR count). The fourth-order valence-corrected chi connectivity index (χ4v) is 4.22. The van der Waals surface area contributed by atoms with E-state index in [1.807, 2.05) is 4.90 Å². The minimum absolute atomic E-state index is 0.0186. The van der Waals surface area contributed by atoms with Crippen molar-refractivity contribution in [1.29, 1.82) is 0 Å². The van der Waals surface area contributed by atoms with Crippen molar-refractivity contribution in [2.75, 3.05) is 38.0 Å². The first-order valence-electron chi connectivity index (χ1n) is 11.4. The van der Waals surface area contributed by atoms with Gasteiger partial charge in [0.2, 0.25) is 11.8 Å². The Morgan fingerprint density at radius 3 is 2.40 bits per heavy atom. The second-order valence-corrected chi connectivity index (χ2v) is 8.63. The van der Waals surface area contributed by atoms with Gasteiger partial charge in [-0.2, -0.15) is 0 Å². The molecule has 0 bridgehead atoms. The van der Waals surface area contributed by atoms with Gasteiger partial charge in [-0.05, 0) is 30.7 Å². The molecular formula is C23H28FN7O4. The summed E-state index contributed by atoms with van der Waals surface area (Å²) in [4.78, 5) is 57.4. The summed E-state index contributed by atoms with van der Waals surface area (Å²) in [7, 11) is 2.99. The summed E-state index contributed by atoms with van der Waals surface area (Å²) in [6, 6.07) is 5.60. The van der Waals surface area contributed by atoms with E-state index in [9.17, 15) is 23.6 Å². The molecule has 1 aliphatic rings. The largest absolute Gasteiger partial charge is 0.340 e. The summed E-state index contributed by atoms with van der Waals surface area (Å²) in [6.07, 6.45) is 2.36. The van der Waals surface area contributed by atoms with Crippen LogP contribution in [0.5, 0.6) is 0 Å². The van der Waals surface area contributed by atoms with Gasteiger partial charge in [0.05, 0.1) is 12.9 Å². The Morgan fingerprint density at radius 2 is 1.71 bits per heavy atom. The number of anilines is 1. The predicted octanol–water partition coefficient (Wildman–Crippen LogP) is 0.136. The number of fused-ring (bicyclic) bond motifs is 1. The number of halogens is 1.